The van der Waals surface area contributed by atoms with E-state index in [0.29, 0.717) is 6.04 Å². The molecule has 0 unspecified atom stereocenters. The number of benzene rings is 2. The largest absolute Gasteiger partial charge is 0.369 e. The van der Waals surface area contributed by atoms with E-state index in [-0.39, 0.29) is 5.78 Å². The Kier molecular flexibility index (Phi) is 6.51. The van der Waals surface area contributed by atoms with Gasteiger partial charge in [-0.1, -0.05) is 0 Å². The summed E-state index contributed by atoms with van der Waals surface area (Å²) in [6, 6.07) is 16.2. The minimum absolute atomic E-state index is 0.0641. The molecule has 0 fully saturated rings. The molecule has 0 N–H and O–H groups in total. The van der Waals surface area contributed by atoms with E-state index in [2.05, 4.69) is 37.2 Å². The molecule has 0 aliphatic heterocycles. The van der Waals surface area contributed by atoms with Crippen LogP contribution in [0.25, 0.3) is 0 Å². The molecule has 0 bridgehead atoms. The first-order valence-corrected chi connectivity index (χ1v) is 9.09. The number of carbonyl (C=O) groups excluding carboxylic acids is 1. The molecule has 0 aliphatic rings. The summed E-state index contributed by atoms with van der Waals surface area (Å²) in [6.45, 7) is 12.5. The molecule has 3 nitrogen and oxygen atoms in total. The Hall–Kier alpha value is -2.42. The molecule has 0 atom stereocenters. The fraction of sp³-hybridized carbons (Fsp3) is 0.364. The highest BCUT2D eigenvalue weighted by atomic mass is 16.1. The molecule has 132 valence electrons. The fourth-order valence-corrected chi connectivity index (χ4v) is 3.14. The molecule has 2 rings (SSSR count). The first kappa shape index (κ1) is 18.9. The Morgan fingerprint density at radius 2 is 1.52 bits per heavy atom. The zero-order valence-corrected chi connectivity index (χ0v) is 16.0. The quantitative estimate of drug-likeness (QED) is 0.407. The van der Waals surface area contributed by atoms with Crippen molar-refractivity contribution in [3.63, 3.8) is 0 Å². The summed E-state index contributed by atoms with van der Waals surface area (Å²) in [4.78, 5) is 15.0. The summed E-state index contributed by atoms with van der Waals surface area (Å²) in [5.41, 5.74) is 3.71. The van der Waals surface area contributed by atoms with Gasteiger partial charge in [0.2, 0.25) is 5.69 Å². The number of rotatable bonds is 7. The smallest absolute Gasteiger partial charge is 0.204 e. The van der Waals surface area contributed by atoms with Gasteiger partial charge in [-0.3, -0.25) is 4.79 Å². The molecule has 0 spiro atoms. The number of anilines is 1. The van der Waals surface area contributed by atoms with Crippen molar-refractivity contribution in [3.8, 4) is 0 Å². The van der Waals surface area contributed by atoms with Gasteiger partial charge in [0.15, 0.2) is 5.78 Å². The Morgan fingerprint density at radius 1 is 1.00 bits per heavy atom. The second-order valence-corrected chi connectivity index (χ2v) is 6.35. The maximum absolute atomic E-state index is 12.7. The van der Waals surface area contributed by atoms with Crippen LogP contribution in [0.4, 0.5) is 11.4 Å². The first-order valence-electron chi connectivity index (χ1n) is 9.09. The standard InChI is InChI=1S/C22H29N2O/c1-6-23(7-2)20-13-9-18(10-14-20)22(25)19-11-15-21(16-12-19)24(8-3)17(4)5/h6,9-17H,7-8H2,1-5H3/q+1. The second kappa shape index (κ2) is 8.61. The minimum Gasteiger partial charge on any atom is -0.369 e. The van der Waals surface area contributed by atoms with Gasteiger partial charge < -0.3 is 4.90 Å². The lowest BCUT2D eigenvalue weighted by atomic mass is 10.0. The highest BCUT2D eigenvalue weighted by Crippen LogP contribution is 2.20. The lowest BCUT2D eigenvalue weighted by Crippen LogP contribution is -2.30. The SMILES string of the molecule is CC=[N+](CC)c1ccc(C(=O)c2ccc(N(CC)C(C)C)cc2)cc1. The lowest BCUT2D eigenvalue weighted by Gasteiger charge is -2.27. The first-order chi connectivity index (χ1) is 12.0. The van der Waals surface area contributed by atoms with Crippen molar-refractivity contribution in [1.29, 1.82) is 0 Å². The molecule has 3 heteroatoms. The van der Waals surface area contributed by atoms with Gasteiger partial charge in [0.1, 0.15) is 12.8 Å². The van der Waals surface area contributed by atoms with Crippen molar-refractivity contribution < 1.29 is 9.37 Å². The van der Waals surface area contributed by atoms with Gasteiger partial charge in [-0.25, -0.2) is 4.58 Å². The Bertz CT molecular complexity index is 728. The predicted molar refractivity (Wildman–Crippen MR) is 107 cm³/mol. The third-order valence-electron chi connectivity index (χ3n) is 4.54. The Balaban J connectivity index is 2.20. The molecule has 2 aromatic carbocycles. The van der Waals surface area contributed by atoms with Crippen molar-refractivity contribution in [3.05, 3.63) is 59.7 Å². The molecule has 0 saturated carbocycles. The molecular weight excluding hydrogens is 308 g/mol. The maximum atomic E-state index is 12.7. The van der Waals surface area contributed by atoms with Gasteiger partial charge >= 0.3 is 0 Å². The number of ketones is 1. The third-order valence-corrected chi connectivity index (χ3v) is 4.54. The predicted octanol–water partition coefficient (Wildman–Crippen LogP) is 4.91. The van der Waals surface area contributed by atoms with Crippen LogP contribution >= 0.6 is 0 Å². The zero-order chi connectivity index (χ0) is 18.4. The highest BCUT2D eigenvalue weighted by Gasteiger charge is 2.13. The van der Waals surface area contributed by atoms with Crippen molar-refractivity contribution in [2.24, 2.45) is 0 Å². The number of carbonyl (C=O) groups is 1. The molecule has 0 heterocycles. The van der Waals surface area contributed by atoms with Crippen LogP contribution in [-0.2, 0) is 0 Å². The van der Waals surface area contributed by atoms with E-state index in [1.165, 1.54) is 0 Å². The summed E-state index contributed by atoms with van der Waals surface area (Å²) in [5, 5.41) is 0. The van der Waals surface area contributed by atoms with E-state index in [1.54, 1.807) is 0 Å². The molecule has 25 heavy (non-hydrogen) atoms. The number of hydrogen-bond acceptors (Lipinski definition) is 2. The third kappa shape index (κ3) is 4.36. The average molecular weight is 337 g/mol. The molecule has 0 radical (unpaired) electrons. The summed E-state index contributed by atoms with van der Waals surface area (Å²) in [5.74, 6) is 0.0641. The monoisotopic (exact) mass is 337 g/mol. The van der Waals surface area contributed by atoms with Gasteiger partial charge in [0.05, 0.1) is 0 Å². The van der Waals surface area contributed by atoms with Crippen LogP contribution in [0.2, 0.25) is 0 Å². The Labute approximate surface area is 151 Å². The van der Waals surface area contributed by atoms with Crippen molar-refractivity contribution in [2.45, 2.75) is 40.7 Å². The van der Waals surface area contributed by atoms with Crippen LogP contribution in [0.5, 0.6) is 0 Å². The van der Waals surface area contributed by atoms with Crippen LogP contribution in [-0.4, -0.2) is 35.7 Å². The molecule has 0 aromatic heterocycles. The summed E-state index contributed by atoms with van der Waals surface area (Å²) >= 11 is 0. The lowest BCUT2D eigenvalue weighted by molar-refractivity contribution is -0.431. The van der Waals surface area contributed by atoms with Crippen molar-refractivity contribution in [2.75, 3.05) is 18.0 Å². The van der Waals surface area contributed by atoms with Gasteiger partial charge in [-0.05, 0) is 64.1 Å². The summed E-state index contributed by atoms with van der Waals surface area (Å²) in [7, 11) is 0. The van der Waals surface area contributed by atoms with E-state index in [1.807, 2.05) is 61.7 Å². The van der Waals surface area contributed by atoms with Crippen LogP contribution in [0, 0.1) is 0 Å². The molecular formula is C22H29N2O+. The van der Waals surface area contributed by atoms with Crippen molar-refractivity contribution in [1.82, 2.24) is 0 Å². The van der Waals surface area contributed by atoms with Crippen LogP contribution in [0.3, 0.4) is 0 Å². The zero-order valence-electron chi connectivity index (χ0n) is 16.0. The second-order valence-electron chi connectivity index (χ2n) is 6.35. The van der Waals surface area contributed by atoms with E-state index < -0.39 is 0 Å². The maximum Gasteiger partial charge on any atom is 0.204 e. The van der Waals surface area contributed by atoms with E-state index in [4.69, 9.17) is 0 Å². The van der Waals surface area contributed by atoms with Gasteiger partial charge in [-0.15, -0.1) is 0 Å². The average Bonchev–Trinajstić information content (AvgIpc) is 2.63. The number of nitrogens with zero attached hydrogens (tertiary/aromatic N) is 2. The molecule has 0 amide bonds. The Morgan fingerprint density at radius 3 is 1.92 bits per heavy atom. The van der Waals surface area contributed by atoms with Crippen LogP contribution in [0.1, 0.15) is 50.5 Å². The van der Waals surface area contributed by atoms with Gasteiger partial charge in [0, 0.05) is 48.5 Å². The molecule has 0 saturated heterocycles. The molecule has 0 aliphatic carbocycles. The highest BCUT2D eigenvalue weighted by molar-refractivity contribution is 6.09. The van der Waals surface area contributed by atoms with Gasteiger partial charge in [-0.2, -0.15) is 0 Å². The van der Waals surface area contributed by atoms with Crippen molar-refractivity contribution >= 4 is 23.4 Å². The number of hydrogen-bond donors (Lipinski definition) is 0. The van der Waals surface area contributed by atoms with Gasteiger partial charge in [0.25, 0.3) is 0 Å². The van der Waals surface area contributed by atoms with E-state index in [0.717, 1.165) is 35.6 Å². The fourth-order valence-electron chi connectivity index (χ4n) is 3.14. The molecule has 2 aromatic rings. The van der Waals surface area contributed by atoms with Crippen LogP contribution in [0.15, 0.2) is 48.5 Å². The minimum atomic E-state index is 0.0641. The topological polar surface area (TPSA) is 23.3 Å². The summed E-state index contributed by atoms with van der Waals surface area (Å²) < 4.78 is 2.15. The van der Waals surface area contributed by atoms with Crippen LogP contribution < -0.4 is 4.90 Å². The van der Waals surface area contributed by atoms with E-state index in [9.17, 15) is 4.79 Å². The van der Waals surface area contributed by atoms with E-state index >= 15 is 0 Å². The summed E-state index contributed by atoms with van der Waals surface area (Å²) in [6.07, 6.45) is 2.05. The normalized spacial score (nSPS) is 11.7.